The number of amides is 2. The average molecular weight is 430 g/mol. The van der Waals surface area contributed by atoms with E-state index < -0.39 is 0 Å². The molecule has 0 saturated heterocycles. The Hall–Kier alpha value is -3.31. The van der Waals surface area contributed by atoms with Crippen LogP contribution in [0, 0.1) is 6.92 Å². The van der Waals surface area contributed by atoms with E-state index in [1.54, 1.807) is 12.1 Å². The second-order valence-corrected chi connectivity index (χ2v) is 8.68. The standard InChI is InChI=1S/C26H23NO3S/c1-17(2)30-21-15-11-19(12-16-21)23-24(31-22-7-5-4-6-8-22)26(29)27(25(23)28)20-13-9-18(3)10-14-20/h4-17H,1-3H3. The summed E-state index contributed by atoms with van der Waals surface area (Å²) < 4.78 is 5.72. The molecule has 3 aromatic carbocycles. The number of anilines is 1. The van der Waals surface area contributed by atoms with Crippen LogP contribution in [0.4, 0.5) is 5.69 Å². The topological polar surface area (TPSA) is 46.6 Å². The number of carbonyl (C=O) groups excluding carboxylic acids is 2. The summed E-state index contributed by atoms with van der Waals surface area (Å²) in [4.78, 5) is 29.5. The number of hydrogen-bond donors (Lipinski definition) is 0. The normalized spacial score (nSPS) is 14.0. The fraction of sp³-hybridized carbons (Fsp3) is 0.154. The number of nitrogens with zero attached hydrogens (tertiary/aromatic N) is 1. The molecule has 0 spiro atoms. The highest BCUT2D eigenvalue weighted by Gasteiger charge is 2.40. The van der Waals surface area contributed by atoms with Crippen LogP contribution in [-0.2, 0) is 9.59 Å². The molecule has 1 aliphatic rings. The lowest BCUT2D eigenvalue weighted by Gasteiger charge is -2.15. The van der Waals surface area contributed by atoms with E-state index in [0.717, 1.165) is 16.2 Å². The molecular formula is C26H23NO3S. The molecule has 0 aromatic heterocycles. The summed E-state index contributed by atoms with van der Waals surface area (Å²) in [5.74, 6) is 0.105. The van der Waals surface area contributed by atoms with Crippen molar-refractivity contribution in [1.29, 1.82) is 0 Å². The lowest BCUT2D eigenvalue weighted by Crippen LogP contribution is -2.31. The summed E-state index contributed by atoms with van der Waals surface area (Å²) in [7, 11) is 0. The molecule has 0 radical (unpaired) electrons. The van der Waals surface area contributed by atoms with Gasteiger partial charge in [0.2, 0.25) is 0 Å². The molecule has 1 heterocycles. The van der Waals surface area contributed by atoms with E-state index in [-0.39, 0.29) is 17.9 Å². The van der Waals surface area contributed by atoms with Crippen LogP contribution in [0.3, 0.4) is 0 Å². The lowest BCUT2D eigenvalue weighted by molar-refractivity contribution is -0.119. The smallest absolute Gasteiger partial charge is 0.272 e. The number of hydrogen-bond acceptors (Lipinski definition) is 4. The molecule has 0 aliphatic carbocycles. The molecule has 4 rings (SSSR count). The monoisotopic (exact) mass is 429 g/mol. The van der Waals surface area contributed by atoms with Crippen molar-refractivity contribution in [3.63, 3.8) is 0 Å². The van der Waals surface area contributed by atoms with Gasteiger partial charge in [-0.05, 0) is 62.7 Å². The number of thioether (sulfide) groups is 1. The van der Waals surface area contributed by atoms with Crippen molar-refractivity contribution in [1.82, 2.24) is 0 Å². The number of aryl methyl sites for hydroxylation is 1. The van der Waals surface area contributed by atoms with Gasteiger partial charge in [-0.3, -0.25) is 9.59 Å². The first-order valence-electron chi connectivity index (χ1n) is 10.1. The summed E-state index contributed by atoms with van der Waals surface area (Å²) in [5.41, 5.74) is 2.75. The zero-order valence-electron chi connectivity index (χ0n) is 17.7. The summed E-state index contributed by atoms with van der Waals surface area (Å²) in [6.45, 7) is 5.89. The van der Waals surface area contributed by atoms with Gasteiger partial charge in [0.1, 0.15) is 5.75 Å². The molecule has 4 nitrogen and oxygen atoms in total. The minimum atomic E-state index is -0.315. The van der Waals surface area contributed by atoms with E-state index in [1.807, 2.05) is 87.5 Å². The Labute approximate surface area is 186 Å². The van der Waals surface area contributed by atoms with Gasteiger partial charge >= 0.3 is 0 Å². The van der Waals surface area contributed by atoms with E-state index in [2.05, 4.69) is 0 Å². The van der Waals surface area contributed by atoms with E-state index in [9.17, 15) is 9.59 Å². The first-order valence-corrected chi connectivity index (χ1v) is 11.0. The Balaban J connectivity index is 1.76. The van der Waals surface area contributed by atoms with Crippen molar-refractivity contribution in [2.75, 3.05) is 4.90 Å². The van der Waals surface area contributed by atoms with Gasteiger partial charge in [0.25, 0.3) is 11.8 Å². The Morgan fingerprint density at radius 3 is 2.06 bits per heavy atom. The second kappa shape index (κ2) is 8.82. The molecule has 5 heteroatoms. The summed E-state index contributed by atoms with van der Waals surface area (Å²) >= 11 is 1.32. The average Bonchev–Trinajstić information content (AvgIpc) is 2.99. The predicted octanol–water partition coefficient (Wildman–Crippen LogP) is 5.86. The molecule has 0 unspecified atom stereocenters. The largest absolute Gasteiger partial charge is 0.491 e. The number of benzene rings is 3. The Bertz CT molecular complexity index is 1130. The molecule has 156 valence electrons. The highest BCUT2D eigenvalue weighted by molar-refractivity contribution is 8.04. The van der Waals surface area contributed by atoms with Gasteiger partial charge in [-0.1, -0.05) is 59.8 Å². The van der Waals surface area contributed by atoms with Crippen molar-refractivity contribution < 1.29 is 14.3 Å². The first-order chi connectivity index (χ1) is 14.9. The van der Waals surface area contributed by atoms with Crippen molar-refractivity contribution in [2.45, 2.75) is 31.8 Å². The highest BCUT2D eigenvalue weighted by Crippen LogP contribution is 2.41. The van der Waals surface area contributed by atoms with Crippen LogP contribution in [-0.4, -0.2) is 17.9 Å². The maximum atomic E-state index is 13.5. The molecular weight excluding hydrogens is 406 g/mol. The molecule has 1 aliphatic heterocycles. The molecule has 3 aromatic rings. The third-order valence-electron chi connectivity index (χ3n) is 4.81. The fourth-order valence-electron chi connectivity index (χ4n) is 3.37. The van der Waals surface area contributed by atoms with Gasteiger partial charge in [-0.25, -0.2) is 4.90 Å². The van der Waals surface area contributed by atoms with Gasteiger partial charge in [0.15, 0.2) is 0 Å². The van der Waals surface area contributed by atoms with Gasteiger partial charge in [-0.15, -0.1) is 0 Å². The van der Waals surface area contributed by atoms with Gasteiger partial charge in [-0.2, -0.15) is 0 Å². The van der Waals surface area contributed by atoms with E-state index in [0.29, 0.717) is 21.7 Å². The van der Waals surface area contributed by atoms with Crippen LogP contribution in [0.5, 0.6) is 5.75 Å². The molecule has 0 N–H and O–H groups in total. The number of carbonyl (C=O) groups is 2. The van der Waals surface area contributed by atoms with Gasteiger partial charge in [0.05, 0.1) is 22.3 Å². The van der Waals surface area contributed by atoms with Gasteiger partial charge in [0, 0.05) is 4.90 Å². The second-order valence-electron chi connectivity index (χ2n) is 7.59. The zero-order valence-corrected chi connectivity index (χ0v) is 18.5. The zero-order chi connectivity index (χ0) is 22.0. The van der Waals surface area contributed by atoms with Gasteiger partial charge < -0.3 is 4.74 Å². The van der Waals surface area contributed by atoms with E-state index in [1.165, 1.54) is 16.7 Å². The predicted molar refractivity (Wildman–Crippen MR) is 125 cm³/mol. The van der Waals surface area contributed by atoms with Crippen LogP contribution in [0.15, 0.2) is 88.7 Å². The molecule has 0 fully saturated rings. The van der Waals surface area contributed by atoms with Crippen LogP contribution >= 0.6 is 11.8 Å². The fourth-order valence-corrected chi connectivity index (χ4v) is 4.38. The molecule has 31 heavy (non-hydrogen) atoms. The van der Waals surface area contributed by atoms with E-state index in [4.69, 9.17) is 4.74 Å². The van der Waals surface area contributed by atoms with Crippen LogP contribution in [0.1, 0.15) is 25.0 Å². The molecule has 0 bridgehead atoms. The SMILES string of the molecule is Cc1ccc(N2C(=O)C(Sc3ccccc3)=C(c3ccc(OC(C)C)cc3)C2=O)cc1. The lowest BCUT2D eigenvalue weighted by atomic mass is 10.1. The van der Waals surface area contributed by atoms with Crippen LogP contribution in [0.25, 0.3) is 5.57 Å². The molecule has 0 saturated carbocycles. The van der Waals surface area contributed by atoms with Crippen LogP contribution in [0.2, 0.25) is 0 Å². The number of imide groups is 1. The third kappa shape index (κ3) is 4.42. The summed E-state index contributed by atoms with van der Waals surface area (Å²) in [6, 6.07) is 24.4. The molecule has 2 amide bonds. The minimum absolute atomic E-state index is 0.0565. The third-order valence-corrected chi connectivity index (χ3v) is 5.90. The van der Waals surface area contributed by atoms with Crippen LogP contribution < -0.4 is 9.64 Å². The first kappa shape index (κ1) is 20.9. The Morgan fingerprint density at radius 1 is 0.806 bits per heavy atom. The van der Waals surface area contributed by atoms with Crippen molar-refractivity contribution in [3.8, 4) is 5.75 Å². The van der Waals surface area contributed by atoms with Crippen molar-refractivity contribution >= 4 is 34.8 Å². The molecule has 0 atom stereocenters. The van der Waals surface area contributed by atoms with E-state index >= 15 is 0 Å². The maximum absolute atomic E-state index is 13.5. The quantitative estimate of drug-likeness (QED) is 0.461. The summed E-state index contributed by atoms with van der Waals surface area (Å²) in [5, 5.41) is 0. The minimum Gasteiger partial charge on any atom is -0.491 e. The maximum Gasteiger partial charge on any atom is 0.272 e. The van der Waals surface area contributed by atoms with Crippen molar-refractivity contribution in [3.05, 3.63) is 94.9 Å². The Kier molecular flexibility index (Phi) is 5.96. The Morgan fingerprint density at radius 2 is 1.45 bits per heavy atom. The highest BCUT2D eigenvalue weighted by atomic mass is 32.2. The number of ether oxygens (including phenoxy) is 1. The summed E-state index contributed by atoms with van der Waals surface area (Å²) in [6.07, 6.45) is 0.0565. The van der Waals surface area contributed by atoms with Crippen molar-refractivity contribution in [2.24, 2.45) is 0 Å². The number of rotatable bonds is 6.